The molecule has 4 N–H and O–H groups in total. The normalized spacial score (nSPS) is 15.1. The van der Waals surface area contributed by atoms with E-state index in [0.717, 1.165) is 5.56 Å². The van der Waals surface area contributed by atoms with Crippen LogP contribution in [0.2, 0.25) is 0 Å². The van der Waals surface area contributed by atoms with E-state index in [1.165, 1.54) is 0 Å². The number of benzene rings is 1. The molecule has 0 aliphatic heterocycles. The van der Waals surface area contributed by atoms with Gasteiger partial charge in [0.15, 0.2) is 0 Å². The molecular formula is C12H19NO2S. The molecule has 0 saturated carbocycles. The Morgan fingerprint density at radius 3 is 2.44 bits per heavy atom. The van der Waals surface area contributed by atoms with Crippen LogP contribution in [-0.2, 0) is 0 Å². The van der Waals surface area contributed by atoms with Gasteiger partial charge >= 0.3 is 0 Å². The van der Waals surface area contributed by atoms with Crippen LogP contribution in [0.5, 0.6) is 0 Å². The third-order valence-electron chi connectivity index (χ3n) is 2.65. The van der Waals surface area contributed by atoms with Crippen molar-refractivity contribution in [2.24, 2.45) is 0 Å². The van der Waals surface area contributed by atoms with E-state index in [4.69, 9.17) is 5.73 Å². The Morgan fingerprint density at radius 1 is 1.31 bits per heavy atom. The zero-order valence-electron chi connectivity index (χ0n) is 9.59. The van der Waals surface area contributed by atoms with Gasteiger partial charge in [-0.3, -0.25) is 0 Å². The van der Waals surface area contributed by atoms with Gasteiger partial charge < -0.3 is 15.9 Å². The van der Waals surface area contributed by atoms with E-state index in [1.54, 1.807) is 6.07 Å². The first-order chi connectivity index (χ1) is 7.47. The lowest BCUT2D eigenvalue weighted by molar-refractivity contribution is 0.0342. The molecule has 0 spiro atoms. The quantitative estimate of drug-likeness (QED) is 0.479. The summed E-state index contributed by atoms with van der Waals surface area (Å²) in [6.45, 7) is 4.13. The van der Waals surface area contributed by atoms with Gasteiger partial charge in [0.05, 0.1) is 6.10 Å². The highest BCUT2D eigenvalue weighted by atomic mass is 32.1. The van der Waals surface area contributed by atoms with Gasteiger partial charge in [-0.25, -0.2) is 0 Å². The van der Waals surface area contributed by atoms with E-state index in [1.807, 2.05) is 12.1 Å². The molecule has 16 heavy (non-hydrogen) atoms. The Balaban J connectivity index is 3.06. The van der Waals surface area contributed by atoms with Crippen LogP contribution < -0.4 is 5.73 Å². The van der Waals surface area contributed by atoms with E-state index in [0.29, 0.717) is 17.2 Å². The Hall–Kier alpha value is -0.710. The first kappa shape index (κ1) is 13.4. The predicted molar refractivity (Wildman–Crippen MR) is 69.8 cm³/mol. The monoisotopic (exact) mass is 241 g/mol. The summed E-state index contributed by atoms with van der Waals surface area (Å²) >= 11 is 3.95. The van der Waals surface area contributed by atoms with Crippen molar-refractivity contribution in [3.63, 3.8) is 0 Å². The Bertz CT molecular complexity index is 355. The van der Waals surface area contributed by atoms with Gasteiger partial charge in [0.1, 0.15) is 6.10 Å². The van der Waals surface area contributed by atoms with Crippen LogP contribution in [0, 0.1) is 0 Å². The molecule has 3 nitrogen and oxygen atoms in total. The van der Waals surface area contributed by atoms with E-state index < -0.39 is 12.2 Å². The number of aliphatic hydroxyl groups is 2. The molecule has 1 aromatic carbocycles. The standard InChI is InChI=1S/C12H19NO2S/c1-7(2)8-3-4-10(13)9(5-8)12(15)11(14)6-16/h3-5,7,11-12,14-16H,6,13H2,1-2H3. The smallest absolute Gasteiger partial charge is 0.108 e. The number of hydrogen-bond donors (Lipinski definition) is 4. The molecule has 0 radical (unpaired) electrons. The predicted octanol–water partition coefficient (Wildman–Crippen LogP) is 1.72. The van der Waals surface area contributed by atoms with Crippen LogP contribution in [0.25, 0.3) is 0 Å². The van der Waals surface area contributed by atoms with Crippen molar-refractivity contribution in [2.45, 2.75) is 32.0 Å². The van der Waals surface area contributed by atoms with Crippen LogP contribution in [0.4, 0.5) is 5.69 Å². The molecular weight excluding hydrogens is 222 g/mol. The summed E-state index contributed by atoms with van der Waals surface area (Å²) in [5.74, 6) is 0.562. The number of thiol groups is 1. The Labute approximate surface area is 102 Å². The van der Waals surface area contributed by atoms with E-state index in [-0.39, 0.29) is 5.75 Å². The van der Waals surface area contributed by atoms with E-state index >= 15 is 0 Å². The highest BCUT2D eigenvalue weighted by molar-refractivity contribution is 7.80. The molecule has 0 bridgehead atoms. The molecule has 0 fully saturated rings. The molecule has 4 heteroatoms. The lowest BCUT2D eigenvalue weighted by Crippen LogP contribution is -2.21. The third kappa shape index (κ3) is 2.90. The summed E-state index contributed by atoms with van der Waals surface area (Å²) in [6, 6.07) is 5.54. The minimum atomic E-state index is -0.976. The van der Waals surface area contributed by atoms with Crippen molar-refractivity contribution in [1.82, 2.24) is 0 Å². The van der Waals surface area contributed by atoms with Crippen molar-refractivity contribution in [1.29, 1.82) is 0 Å². The largest absolute Gasteiger partial charge is 0.398 e. The molecule has 2 atom stereocenters. The van der Waals surface area contributed by atoms with Crippen LogP contribution in [0.1, 0.15) is 37.0 Å². The second-order valence-electron chi connectivity index (χ2n) is 4.24. The Morgan fingerprint density at radius 2 is 1.94 bits per heavy atom. The molecule has 0 heterocycles. The van der Waals surface area contributed by atoms with Gasteiger partial charge in [-0.2, -0.15) is 12.6 Å². The summed E-state index contributed by atoms with van der Waals surface area (Å²) in [6.07, 6.45) is -1.87. The molecule has 0 aliphatic carbocycles. The van der Waals surface area contributed by atoms with Crippen molar-refractivity contribution >= 4 is 18.3 Å². The number of anilines is 1. The van der Waals surface area contributed by atoms with E-state index in [9.17, 15) is 10.2 Å². The van der Waals surface area contributed by atoms with E-state index in [2.05, 4.69) is 26.5 Å². The summed E-state index contributed by atoms with van der Waals surface area (Å²) in [4.78, 5) is 0. The molecule has 0 amide bonds. The molecule has 0 saturated heterocycles. The summed E-state index contributed by atoms with van der Waals surface area (Å²) < 4.78 is 0. The zero-order chi connectivity index (χ0) is 12.3. The van der Waals surface area contributed by atoms with Crippen LogP contribution in [0.15, 0.2) is 18.2 Å². The highest BCUT2D eigenvalue weighted by Gasteiger charge is 2.19. The van der Waals surface area contributed by atoms with Crippen molar-refractivity contribution < 1.29 is 10.2 Å². The SMILES string of the molecule is CC(C)c1ccc(N)c(C(O)C(O)CS)c1. The minimum absolute atomic E-state index is 0.201. The van der Waals surface area contributed by atoms with Gasteiger partial charge in [0, 0.05) is 17.0 Å². The second-order valence-corrected chi connectivity index (χ2v) is 4.60. The molecule has 0 aliphatic rings. The van der Waals surface area contributed by atoms with Gasteiger partial charge in [0.2, 0.25) is 0 Å². The second kappa shape index (κ2) is 5.57. The first-order valence-electron chi connectivity index (χ1n) is 5.33. The van der Waals surface area contributed by atoms with Crippen molar-refractivity contribution in [3.05, 3.63) is 29.3 Å². The summed E-state index contributed by atoms with van der Waals surface area (Å²) in [5, 5.41) is 19.4. The number of nitrogens with two attached hydrogens (primary N) is 1. The molecule has 2 unspecified atom stereocenters. The molecule has 1 aromatic rings. The number of rotatable bonds is 4. The molecule has 90 valence electrons. The average Bonchev–Trinajstić information content (AvgIpc) is 2.27. The maximum atomic E-state index is 9.90. The van der Waals surface area contributed by atoms with Gasteiger partial charge in [-0.05, 0) is 17.5 Å². The van der Waals surface area contributed by atoms with Crippen LogP contribution in [-0.4, -0.2) is 22.1 Å². The maximum absolute atomic E-state index is 9.90. The highest BCUT2D eigenvalue weighted by Crippen LogP contribution is 2.27. The summed E-state index contributed by atoms with van der Waals surface area (Å²) in [5.41, 5.74) is 7.95. The molecule has 1 rings (SSSR count). The zero-order valence-corrected chi connectivity index (χ0v) is 10.5. The van der Waals surface area contributed by atoms with Crippen LogP contribution in [0.3, 0.4) is 0 Å². The number of hydrogen-bond acceptors (Lipinski definition) is 4. The third-order valence-corrected chi connectivity index (χ3v) is 3.02. The first-order valence-corrected chi connectivity index (χ1v) is 5.97. The number of aliphatic hydroxyl groups excluding tert-OH is 2. The van der Waals surface area contributed by atoms with Crippen molar-refractivity contribution in [3.8, 4) is 0 Å². The van der Waals surface area contributed by atoms with Gasteiger partial charge in [0.25, 0.3) is 0 Å². The maximum Gasteiger partial charge on any atom is 0.108 e. The number of nitrogen functional groups attached to an aromatic ring is 1. The van der Waals surface area contributed by atoms with Crippen LogP contribution >= 0.6 is 12.6 Å². The fourth-order valence-electron chi connectivity index (χ4n) is 1.52. The minimum Gasteiger partial charge on any atom is -0.398 e. The summed E-state index contributed by atoms with van der Waals surface area (Å²) in [7, 11) is 0. The average molecular weight is 241 g/mol. The lowest BCUT2D eigenvalue weighted by atomic mass is 9.96. The Kier molecular flexibility index (Phi) is 4.65. The molecule has 0 aromatic heterocycles. The van der Waals surface area contributed by atoms with Gasteiger partial charge in [-0.15, -0.1) is 0 Å². The fraction of sp³-hybridized carbons (Fsp3) is 0.500. The topological polar surface area (TPSA) is 66.5 Å². The fourth-order valence-corrected chi connectivity index (χ4v) is 1.72. The van der Waals surface area contributed by atoms with Crippen molar-refractivity contribution in [2.75, 3.05) is 11.5 Å². The lowest BCUT2D eigenvalue weighted by Gasteiger charge is -2.19. The van der Waals surface area contributed by atoms with Gasteiger partial charge in [-0.1, -0.05) is 26.0 Å².